The van der Waals surface area contributed by atoms with E-state index in [1.807, 2.05) is 4.90 Å². The summed E-state index contributed by atoms with van der Waals surface area (Å²) in [5.74, 6) is -1.17. The predicted molar refractivity (Wildman–Crippen MR) is 73.1 cm³/mol. The Kier molecular flexibility index (Phi) is 5.06. The quantitative estimate of drug-likeness (QED) is 0.920. The minimum absolute atomic E-state index is 0.00134. The molecule has 0 bridgehead atoms. The smallest absolute Gasteiger partial charge is 0.239 e. The molecule has 0 saturated carbocycles. The zero-order valence-corrected chi connectivity index (χ0v) is 11.7. The van der Waals surface area contributed by atoms with Gasteiger partial charge in [0.05, 0.1) is 6.04 Å². The van der Waals surface area contributed by atoms with Gasteiger partial charge in [0.15, 0.2) is 0 Å². The summed E-state index contributed by atoms with van der Waals surface area (Å²) in [4.78, 5) is 14.0. The van der Waals surface area contributed by atoms with E-state index in [4.69, 9.17) is 0 Å². The molecule has 1 aromatic carbocycles. The summed E-state index contributed by atoms with van der Waals surface area (Å²) in [6.45, 7) is 3.30. The highest BCUT2D eigenvalue weighted by atomic mass is 19.1. The number of halogens is 2. The molecule has 0 radical (unpaired) electrons. The number of nitrogens with one attached hydrogen (secondary N) is 1. The summed E-state index contributed by atoms with van der Waals surface area (Å²) >= 11 is 0. The van der Waals surface area contributed by atoms with E-state index in [0.717, 1.165) is 32.4 Å². The van der Waals surface area contributed by atoms with E-state index in [2.05, 4.69) is 5.32 Å². The second-order valence-corrected chi connectivity index (χ2v) is 5.19. The first kappa shape index (κ1) is 14.9. The second-order valence-electron chi connectivity index (χ2n) is 5.19. The molecule has 0 spiro atoms. The van der Waals surface area contributed by atoms with Gasteiger partial charge in [-0.3, -0.25) is 4.79 Å². The Hall–Kier alpha value is -1.49. The van der Waals surface area contributed by atoms with Crippen molar-refractivity contribution in [2.24, 2.45) is 0 Å². The molecule has 1 aliphatic rings. The Morgan fingerprint density at radius 2 is 1.85 bits per heavy atom. The van der Waals surface area contributed by atoms with Gasteiger partial charge in [0, 0.05) is 25.2 Å². The number of benzene rings is 1. The zero-order valence-electron chi connectivity index (χ0n) is 11.7. The van der Waals surface area contributed by atoms with Crippen LogP contribution in [0.2, 0.25) is 0 Å². The molecule has 1 aromatic rings. The van der Waals surface area contributed by atoms with Gasteiger partial charge in [0.2, 0.25) is 5.91 Å². The van der Waals surface area contributed by atoms with E-state index in [9.17, 15) is 13.6 Å². The molecule has 3 nitrogen and oxygen atoms in total. The lowest BCUT2D eigenvalue weighted by Gasteiger charge is -2.29. The fraction of sp³-hybridized carbons (Fsp3) is 0.533. The Balaban J connectivity index is 1.91. The van der Waals surface area contributed by atoms with E-state index in [0.29, 0.717) is 0 Å². The fourth-order valence-corrected chi connectivity index (χ4v) is 2.43. The minimum atomic E-state index is -0.588. The van der Waals surface area contributed by atoms with E-state index in [1.54, 1.807) is 6.92 Å². The van der Waals surface area contributed by atoms with Crippen molar-refractivity contribution >= 4 is 5.91 Å². The van der Waals surface area contributed by atoms with E-state index < -0.39 is 17.7 Å². The molecule has 0 aliphatic carbocycles. The van der Waals surface area contributed by atoms with Gasteiger partial charge >= 0.3 is 0 Å². The molecule has 0 aromatic heterocycles. The summed E-state index contributed by atoms with van der Waals surface area (Å²) < 4.78 is 27.0. The van der Waals surface area contributed by atoms with Crippen LogP contribution in [0.4, 0.5) is 8.78 Å². The first-order valence-corrected chi connectivity index (χ1v) is 7.04. The van der Waals surface area contributed by atoms with Gasteiger partial charge in [-0.25, -0.2) is 8.78 Å². The Bertz CT molecular complexity index is 453. The van der Waals surface area contributed by atoms with Crippen LogP contribution in [0.3, 0.4) is 0 Å². The summed E-state index contributed by atoms with van der Waals surface area (Å²) in [5.41, 5.74) is -0.0224. The van der Waals surface area contributed by atoms with Crippen LogP contribution in [0.15, 0.2) is 18.2 Å². The lowest BCUT2D eigenvalue weighted by Crippen LogP contribution is -2.46. The molecule has 1 fully saturated rings. The van der Waals surface area contributed by atoms with Gasteiger partial charge in [-0.15, -0.1) is 0 Å². The highest BCUT2D eigenvalue weighted by Gasteiger charge is 2.22. The minimum Gasteiger partial charge on any atom is -0.341 e. The molecule has 5 heteroatoms. The van der Waals surface area contributed by atoms with Gasteiger partial charge in [0.25, 0.3) is 0 Å². The third-order valence-corrected chi connectivity index (χ3v) is 3.68. The van der Waals surface area contributed by atoms with Gasteiger partial charge in [0.1, 0.15) is 11.6 Å². The van der Waals surface area contributed by atoms with Crippen molar-refractivity contribution in [1.29, 1.82) is 0 Å². The second kappa shape index (κ2) is 6.79. The molecule has 1 amide bonds. The van der Waals surface area contributed by atoms with Crippen LogP contribution in [0.1, 0.15) is 31.7 Å². The van der Waals surface area contributed by atoms with Crippen molar-refractivity contribution < 1.29 is 13.6 Å². The van der Waals surface area contributed by atoms with Crippen LogP contribution in [0.25, 0.3) is 0 Å². The lowest BCUT2D eigenvalue weighted by molar-refractivity contribution is -0.133. The fourth-order valence-electron chi connectivity index (χ4n) is 2.43. The monoisotopic (exact) mass is 282 g/mol. The Morgan fingerprint density at radius 3 is 2.45 bits per heavy atom. The number of carbonyl (C=O) groups excluding carboxylic acids is 1. The molecule has 2 rings (SSSR count). The van der Waals surface area contributed by atoms with Crippen molar-refractivity contribution in [2.45, 2.75) is 38.8 Å². The highest BCUT2D eigenvalue weighted by Crippen LogP contribution is 2.13. The molecule has 110 valence electrons. The summed E-state index contributed by atoms with van der Waals surface area (Å²) in [5, 5.41) is 2.91. The van der Waals surface area contributed by atoms with Crippen LogP contribution in [0.5, 0.6) is 0 Å². The van der Waals surface area contributed by atoms with Gasteiger partial charge in [-0.05, 0) is 38.3 Å². The number of nitrogens with zero attached hydrogens (tertiary/aromatic N) is 1. The maximum Gasteiger partial charge on any atom is 0.239 e. The van der Waals surface area contributed by atoms with E-state index in [-0.39, 0.29) is 18.0 Å². The Labute approximate surface area is 118 Å². The molecule has 1 saturated heterocycles. The number of piperidine rings is 1. The topological polar surface area (TPSA) is 32.3 Å². The SMILES string of the molecule is CC(NCc1c(F)cccc1F)C(=O)N1CCCCC1. The average Bonchev–Trinajstić information content (AvgIpc) is 2.46. The molecule has 1 N–H and O–H groups in total. The number of hydrogen-bond donors (Lipinski definition) is 1. The summed E-state index contributed by atoms with van der Waals surface area (Å²) in [6, 6.07) is 3.33. The van der Waals surface area contributed by atoms with E-state index >= 15 is 0 Å². The highest BCUT2D eigenvalue weighted by molar-refractivity contribution is 5.81. The average molecular weight is 282 g/mol. The van der Waals surface area contributed by atoms with Crippen LogP contribution in [0, 0.1) is 11.6 Å². The molecule has 1 heterocycles. The molecule has 1 atom stereocenters. The van der Waals surface area contributed by atoms with Gasteiger partial charge in [-0.1, -0.05) is 6.07 Å². The molecular weight excluding hydrogens is 262 g/mol. The van der Waals surface area contributed by atoms with Crippen LogP contribution >= 0.6 is 0 Å². The summed E-state index contributed by atoms with van der Waals surface area (Å²) in [6.07, 6.45) is 3.22. The predicted octanol–water partition coefficient (Wildman–Crippen LogP) is 2.46. The summed E-state index contributed by atoms with van der Waals surface area (Å²) in [7, 11) is 0. The first-order valence-electron chi connectivity index (χ1n) is 7.04. The number of likely N-dealkylation sites (tertiary alicyclic amines) is 1. The third-order valence-electron chi connectivity index (χ3n) is 3.68. The van der Waals surface area contributed by atoms with Crippen molar-refractivity contribution in [2.75, 3.05) is 13.1 Å². The number of amides is 1. The molecular formula is C15H20F2N2O. The van der Waals surface area contributed by atoms with E-state index in [1.165, 1.54) is 18.2 Å². The zero-order chi connectivity index (χ0) is 14.5. The maximum atomic E-state index is 13.5. The standard InChI is InChI=1S/C15H20F2N2O/c1-11(15(20)19-8-3-2-4-9-19)18-10-12-13(16)6-5-7-14(12)17/h5-7,11,18H,2-4,8-10H2,1H3. The maximum absolute atomic E-state index is 13.5. The normalized spacial score (nSPS) is 17.1. The lowest BCUT2D eigenvalue weighted by atomic mass is 10.1. The third kappa shape index (κ3) is 3.54. The van der Waals surface area contributed by atoms with Crippen LogP contribution < -0.4 is 5.32 Å². The number of carbonyl (C=O) groups is 1. The molecule has 1 aliphatic heterocycles. The largest absolute Gasteiger partial charge is 0.341 e. The van der Waals surface area contributed by atoms with Crippen molar-refractivity contribution in [3.63, 3.8) is 0 Å². The van der Waals surface area contributed by atoms with Gasteiger partial charge in [-0.2, -0.15) is 0 Å². The van der Waals surface area contributed by atoms with Crippen molar-refractivity contribution in [1.82, 2.24) is 10.2 Å². The first-order chi connectivity index (χ1) is 9.59. The molecule has 1 unspecified atom stereocenters. The number of hydrogen-bond acceptors (Lipinski definition) is 2. The molecule has 20 heavy (non-hydrogen) atoms. The van der Waals surface area contributed by atoms with Crippen LogP contribution in [-0.2, 0) is 11.3 Å². The Morgan fingerprint density at radius 1 is 1.25 bits per heavy atom. The van der Waals surface area contributed by atoms with Gasteiger partial charge < -0.3 is 10.2 Å². The van der Waals surface area contributed by atoms with Crippen molar-refractivity contribution in [3.05, 3.63) is 35.4 Å². The van der Waals surface area contributed by atoms with Crippen molar-refractivity contribution in [3.8, 4) is 0 Å². The number of rotatable bonds is 4. The van der Waals surface area contributed by atoms with Crippen LogP contribution in [-0.4, -0.2) is 29.9 Å².